The molecule has 0 aliphatic carbocycles. The Hall–Kier alpha value is -3.37. The lowest BCUT2D eigenvalue weighted by molar-refractivity contribution is -0.139. The molecule has 7 nitrogen and oxygen atoms in total. The van der Waals surface area contributed by atoms with Crippen LogP contribution in [0.5, 0.6) is 11.5 Å². The standard InChI is InChI=1S/C32H27BrCl2N2O5S/c1-4-40-25-14-19(13-23(33)29(25)42-17-21-11-12-22(34)16-24(21)35)15-26-30(38)37-28(20-9-7-6-8-10-20)27(31(39)41-5-2)18(3)36-32(37)43-26/h6-16,28H,4-5,17H2,1-3H3/b26-15-/t28-/m0/s1. The smallest absolute Gasteiger partial charge is 0.338 e. The van der Waals surface area contributed by atoms with Crippen molar-refractivity contribution in [2.24, 2.45) is 4.99 Å². The van der Waals surface area contributed by atoms with Gasteiger partial charge >= 0.3 is 5.97 Å². The van der Waals surface area contributed by atoms with E-state index in [0.29, 0.717) is 53.2 Å². The van der Waals surface area contributed by atoms with Crippen LogP contribution in [0.4, 0.5) is 0 Å². The summed E-state index contributed by atoms with van der Waals surface area (Å²) in [7, 11) is 0. The van der Waals surface area contributed by atoms with Gasteiger partial charge in [0.1, 0.15) is 6.61 Å². The first-order valence-electron chi connectivity index (χ1n) is 13.5. The van der Waals surface area contributed by atoms with E-state index in [1.54, 1.807) is 36.6 Å². The second kappa shape index (κ2) is 13.5. The molecule has 1 atom stereocenters. The Balaban J connectivity index is 1.57. The Kier molecular flexibility index (Phi) is 9.76. The van der Waals surface area contributed by atoms with E-state index in [-0.39, 0.29) is 18.8 Å². The van der Waals surface area contributed by atoms with Crippen LogP contribution in [-0.4, -0.2) is 23.8 Å². The van der Waals surface area contributed by atoms with Crippen LogP contribution in [0.15, 0.2) is 86.2 Å². The number of hydrogen-bond donors (Lipinski definition) is 0. The minimum atomic E-state index is -0.667. The summed E-state index contributed by atoms with van der Waals surface area (Å²) in [5.41, 5.74) is 2.88. The molecule has 11 heteroatoms. The lowest BCUT2D eigenvalue weighted by atomic mass is 9.96. The van der Waals surface area contributed by atoms with Gasteiger partial charge in [-0.1, -0.05) is 70.9 Å². The fourth-order valence-electron chi connectivity index (χ4n) is 4.76. The van der Waals surface area contributed by atoms with Crippen LogP contribution in [0.2, 0.25) is 10.0 Å². The SMILES string of the molecule is CCOC(=O)C1=C(C)N=c2s/c(=C\c3cc(Br)c(OCc4ccc(Cl)cc4Cl)c(OCC)c3)c(=O)n2[C@H]1c1ccccc1. The van der Waals surface area contributed by atoms with Crippen LogP contribution >= 0.6 is 50.5 Å². The van der Waals surface area contributed by atoms with Crippen molar-refractivity contribution in [2.45, 2.75) is 33.4 Å². The second-order valence-electron chi connectivity index (χ2n) is 9.50. The summed E-state index contributed by atoms with van der Waals surface area (Å²) >= 11 is 17.2. The number of benzene rings is 3. The fourth-order valence-corrected chi connectivity index (χ4v) is 6.84. The highest BCUT2D eigenvalue weighted by Gasteiger charge is 2.33. The number of carbonyl (C=O) groups is 1. The molecule has 5 rings (SSSR count). The number of thiazole rings is 1. The maximum atomic E-state index is 13.9. The van der Waals surface area contributed by atoms with E-state index in [2.05, 4.69) is 20.9 Å². The maximum Gasteiger partial charge on any atom is 0.338 e. The summed E-state index contributed by atoms with van der Waals surface area (Å²) < 4.78 is 20.0. The number of carbonyl (C=O) groups excluding carboxylic acids is 1. The molecule has 3 aromatic carbocycles. The third-order valence-corrected chi connectivity index (χ3v) is 8.81. The van der Waals surface area contributed by atoms with Gasteiger partial charge in [0, 0.05) is 15.6 Å². The molecule has 0 saturated heterocycles. The van der Waals surface area contributed by atoms with Crippen molar-refractivity contribution in [1.29, 1.82) is 0 Å². The average molecular weight is 702 g/mol. The number of fused-ring (bicyclic) bond motifs is 1. The molecule has 222 valence electrons. The van der Waals surface area contributed by atoms with Gasteiger partial charge in [-0.2, -0.15) is 0 Å². The Morgan fingerprint density at radius 1 is 1.07 bits per heavy atom. The Morgan fingerprint density at radius 3 is 2.53 bits per heavy atom. The molecular weight excluding hydrogens is 675 g/mol. The molecule has 4 aromatic rings. The zero-order valence-electron chi connectivity index (χ0n) is 23.5. The number of nitrogens with zero attached hydrogens (tertiary/aromatic N) is 2. The predicted octanol–water partition coefficient (Wildman–Crippen LogP) is 6.85. The summed E-state index contributed by atoms with van der Waals surface area (Å²) in [6.45, 7) is 6.22. The van der Waals surface area contributed by atoms with Gasteiger partial charge < -0.3 is 14.2 Å². The van der Waals surface area contributed by atoms with E-state index >= 15 is 0 Å². The highest BCUT2D eigenvalue weighted by atomic mass is 79.9. The summed E-state index contributed by atoms with van der Waals surface area (Å²) in [4.78, 5) is 32.1. The molecule has 0 saturated carbocycles. The van der Waals surface area contributed by atoms with Crippen molar-refractivity contribution >= 4 is 62.5 Å². The highest BCUT2D eigenvalue weighted by Crippen LogP contribution is 2.38. The summed E-state index contributed by atoms with van der Waals surface area (Å²) in [5.74, 6) is 0.515. The number of ether oxygens (including phenoxy) is 3. The monoisotopic (exact) mass is 700 g/mol. The van der Waals surface area contributed by atoms with Crippen LogP contribution < -0.4 is 24.4 Å². The van der Waals surface area contributed by atoms with Crippen molar-refractivity contribution in [1.82, 2.24) is 4.57 Å². The largest absolute Gasteiger partial charge is 0.490 e. The molecule has 0 N–H and O–H groups in total. The van der Waals surface area contributed by atoms with E-state index in [1.165, 1.54) is 11.3 Å². The Bertz CT molecular complexity index is 1900. The van der Waals surface area contributed by atoms with Crippen molar-refractivity contribution < 1.29 is 19.0 Å². The van der Waals surface area contributed by atoms with Crippen LogP contribution in [0.25, 0.3) is 6.08 Å². The molecule has 0 fully saturated rings. The molecule has 43 heavy (non-hydrogen) atoms. The van der Waals surface area contributed by atoms with E-state index in [4.69, 9.17) is 37.4 Å². The molecule has 0 radical (unpaired) electrons. The first-order chi connectivity index (χ1) is 20.7. The number of esters is 1. The first kappa shape index (κ1) is 31.1. The normalized spacial score (nSPS) is 14.7. The van der Waals surface area contributed by atoms with Crippen LogP contribution in [-0.2, 0) is 16.1 Å². The molecule has 0 spiro atoms. The van der Waals surface area contributed by atoms with Crippen molar-refractivity contribution in [3.8, 4) is 11.5 Å². The lowest BCUT2D eigenvalue weighted by Gasteiger charge is -2.24. The maximum absolute atomic E-state index is 13.9. The van der Waals surface area contributed by atoms with E-state index in [9.17, 15) is 9.59 Å². The van der Waals surface area contributed by atoms with Crippen molar-refractivity contribution in [3.63, 3.8) is 0 Å². The zero-order valence-corrected chi connectivity index (χ0v) is 27.4. The molecule has 1 aromatic heterocycles. The topological polar surface area (TPSA) is 79.1 Å². The highest BCUT2D eigenvalue weighted by molar-refractivity contribution is 9.10. The third-order valence-electron chi connectivity index (χ3n) is 6.65. The van der Waals surface area contributed by atoms with Crippen LogP contribution in [0.3, 0.4) is 0 Å². The molecule has 0 unspecified atom stereocenters. The Labute approximate surface area is 270 Å². The Morgan fingerprint density at radius 2 is 1.84 bits per heavy atom. The quantitative estimate of drug-likeness (QED) is 0.179. The van der Waals surface area contributed by atoms with Gasteiger partial charge in [-0.05, 0) is 78.2 Å². The number of rotatable bonds is 9. The van der Waals surface area contributed by atoms with Gasteiger partial charge in [-0.25, -0.2) is 9.79 Å². The van der Waals surface area contributed by atoms with Gasteiger partial charge in [0.25, 0.3) is 5.56 Å². The predicted molar refractivity (Wildman–Crippen MR) is 173 cm³/mol. The van der Waals surface area contributed by atoms with Gasteiger partial charge in [0.2, 0.25) is 0 Å². The summed E-state index contributed by atoms with van der Waals surface area (Å²) in [6, 6.07) is 17.6. The van der Waals surface area contributed by atoms with Crippen LogP contribution in [0.1, 0.15) is 43.5 Å². The van der Waals surface area contributed by atoms with Crippen molar-refractivity contribution in [2.75, 3.05) is 13.2 Å². The number of aromatic nitrogens is 1. The molecular formula is C32H27BrCl2N2O5S. The van der Waals surface area contributed by atoms with E-state index < -0.39 is 12.0 Å². The number of hydrogen-bond acceptors (Lipinski definition) is 7. The molecule has 2 heterocycles. The number of allylic oxidation sites excluding steroid dienone is 1. The van der Waals surface area contributed by atoms with Crippen molar-refractivity contribution in [3.05, 3.63) is 123 Å². The summed E-state index contributed by atoms with van der Waals surface area (Å²) in [5, 5.41) is 1.05. The zero-order chi connectivity index (χ0) is 30.7. The van der Waals surface area contributed by atoms with E-state index in [0.717, 1.165) is 16.7 Å². The van der Waals surface area contributed by atoms with Gasteiger partial charge in [0.15, 0.2) is 16.3 Å². The summed E-state index contributed by atoms with van der Waals surface area (Å²) in [6.07, 6.45) is 1.78. The minimum absolute atomic E-state index is 0.203. The van der Waals surface area contributed by atoms with Gasteiger partial charge in [-0.15, -0.1) is 0 Å². The fraction of sp³-hybridized carbons (Fsp3) is 0.219. The minimum Gasteiger partial charge on any atom is -0.490 e. The lowest BCUT2D eigenvalue weighted by Crippen LogP contribution is -2.39. The third kappa shape index (κ3) is 6.60. The molecule has 0 amide bonds. The second-order valence-corrected chi connectivity index (χ2v) is 12.2. The first-order valence-corrected chi connectivity index (χ1v) is 15.9. The molecule has 1 aliphatic heterocycles. The molecule has 1 aliphatic rings. The average Bonchev–Trinajstić information content (AvgIpc) is 3.27. The number of halogens is 3. The molecule has 0 bridgehead atoms. The van der Waals surface area contributed by atoms with Gasteiger partial charge in [0.05, 0.1) is 39.5 Å². The van der Waals surface area contributed by atoms with Gasteiger partial charge in [-0.3, -0.25) is 9.36 Å². The van der Waals surface area contributed by atoms with Crippen LogP contribution in [0, 0.1) is 0 Å². The van der Waals surface area contributed by atoms with E-state index in [1.807, 2.05) is 55.5 Å².